The Hall–Kier alpha value is -3.10. The number of nitrogens with zero attached hydrogens (tertiary/aromatic N) is 1. The number of hydrogen-bond acceptors (Lipinski definition) is 5. The number of likely N-dealkylation sites (N-methyl/N-ethyl adjacent to an activating group) is 1. The molecule has 0 aromatic heterocycles. The largest absolute Gasteiger partial charge is 0.472 e. The fraction of sp³-hybridized carbons (Fsp3) is 0.700. The average molecular weight is 1120 g/mol. The summed E-state index contributed by atoms with van der Waals surface area (Å²) in [5.41, 5.74) is 0. The lowest BCUT2D eigenvalue weighted by molar-refractivity contribution is -0.870. The van der Waals surface area contributed by atoms with Crippen molar-refractivity contribution in [3.05, 3.63) is 122 Å². The van der Waals surface area contributed by atoms with E-state index >= 15 is 0 Å². The van der Waals surface area contributed by atoms with Gasteiger partial charge in [-0.15, -0.1) is 0 Å². The fourth-order valence-electron chi connectivity index (χ4n) is 8.90. The van der Waals surface area contributed by atoms with Crippen molar-refractivity contribution in [2.24, 2.45) is 0 Å². The predicted octanol–water partition coefficient (Wildman–Crippen LogP) is 20.5. The molecule has 0 aliphatic heterocycles. The first kappa shape index (κ1) is 75.9. The summed E-state index contributed by atoms with van der Waals surface area (Å²) in [5.74, 6) is -0.204. The van der Waals surface area contributed by atoms with Crippen LogP contribution in [0.2, 0.25) is 0 Å². The monoisotopic (exact) mass is 1120 g/mol. The maximum atomic E-state index is 13.0. The van der Waals surface area contributed by atoms with E-state index in [1.54, 1.807) is 6.08 Å². The van der Waals surface area contributed by atoms with Crippen LogP contribution < -0.4 is 5.32 Å². The van der Waals surface area contributed by atoms with Gasteiger partial charge in [0, 0.05) is 6.42 Å². The highest BCUT2D eigenvalue weighted by molar-refractivity contribution is 7.47. The second kappa shape index (κ2) is 59.5. The molecule has 3 atom stereocenters. The SMILES string of the molecule is CC/C=C\C/C=C\C/C=C\C/C=C\C/C=C\C/C=C\C/C=C\C/C=C\CCCCCCCCC(=O)NC(COP(=O)(O)OCC[N+](C)(C)C)C(O)/C=C/CC/C=C/CCCCCCCCCCCCCCCCCCCCCC. The third-order valence-electron chi connectivity index (χ3n) is 13.9. The van der Waals surface area contributed by atoms with Gasteiger partial charge in [0.1, 0.15) is 13.2 Å². The Balaban J connectivity index is 4.26. The van der Waals surface area contributed by atoms with Crippen LogP contribution in [0.15, 0.2) is 122 Å². The molecule has 9 heteroatoms. The number of allylic oxidation sites excluding steroid dienone is 19. The summed E-state index contributed by atoms with van der Waals surface area (Å²) in [5, 5.41) is 14.0. The average Bonchev–Trinajstić information content (AvgIpc) is 3.42. The number of aliphatic hydroxyl groups excluding tert-OH is 1. The number of rotatable bonds is 58. The van der Waals surface area contributed by atoms with Crippen molar-refractivity contribution in [2.45, 2.75) is 276 Å². The van der Waals surface area contributed by atoms with Crippen molar-refractivity contribution >= 4 is 13.7 Å². The molecule has 3 N–H and O–H groups in total. The molecular weight excluding hydrogens is 996 g/mol. The van der Waals surface area contributed by atoms with Crippen LogP contribution in [0.4, 0.5) is 0 Å². The van der Waals surface area contributed by atoms with Gasteiger partial charge in [0.25, 0.3) is 0 Å². The van der Waals surface area contributed by atoms with Crippen molar-refractivity contribution < 1.29 is 32.9 Å². The van der Waals surface area contributed by atoms with Crippen LogP contribution >= 0.6 is 7.82 Å². The number of quaternary nitrogens is 1. The topological polar surface area (TPSA) is 105 Å². The van der Waals surface area contributed by atoms with E-state index in [9.17, 15) is 19.4 Å². The number of carbonyl (C=O) groups excluding carboxylic acids is 1. The number of carbonyl (C=O) groups is 1. The van der Waals surface area contributed by atoms with Gasteiger partial charge < -0.3 is 19.8 Å². The van der Waals surface area contributed by atoms with Crippen molar-refractivity contribution in [3.63, 3.8) is 0 Å². The molecule has 0 radical (unpaired) electrons. The highest BCUT2D eigenvalue weighted by Gasteiger charge is 2.27. The normalized spacial score (nSPS) is 14.6. The molecule has 0 bridgehead atoms. The van der Waals surface area contributed by atoms with Gasteiger partial charge in [-0.1, -0.05) is 283 Å². The van der Waals surface area contributed by atoms with Gasteiger partial charge in [-0.3, -0.25) is 13.8 Å². The summed E-state index contributed by atoms with van der Waals surface area (Å²) in [4.78, 5) is 23.4. The van der Waals surface area contributed by atoms with Crippen LogP contribution in [0.5, 0.6) is 0 Å². The third kappa shape index (κ3) is 62.4. The highest BCUT2D eigenvalue weighted by atomic mass is 31.2. The molecule has 3 unspecified atom stereocenters. The molecular formula is C70H124N2O6P+. The van der Waals surface area contributed by atoms with E-state index in [0.717, 1.165) is 109 Å². The van der Waals surface area contributed by atoms with Crippen LogP contribution in [0.1, 0.15) is 264 Å². The quantitative estimate of drug-likeness (QED) is 0.0243. The van der Waals surface area contributed by atoms with Crippen LogP contribution in [0, 0.1) is 0 Å². The van der Waals surface area contributed by atoms with E-state index in [-0.39, 0.29) is 19.1 Å². The van der Waals surface area contributed by atoms with Crippen molar-refractivity contribution in [1.29, 1.82) is 0 Å². The zero-order valence-corrected chi connectivity index (χ0v) is 52.7. The molecule has 0 fully saturated rings. The Morgan fingerprint density at radius 2 is 0.772 bits per heavy atom. The number of nitrogens with one attached hydrogen (secondary N) is 1. The van der Waals surface area contributed by atoms with Crippen LogP contribution in [0.3, 0.4) is 0 Å². The molecule has 0 heterocycles. The van der Waals surface area contributed by atoms with E-state index in [1.807, 2.05) is 27.2 Å². The van der Waals surface area contributed by atoms with Gasteiger partial charge in [-0.05, 0) is 96.3 Å². The summed E-state index contributed by atoms with van der Waals surface area (Å²) in [6.45, 7) is 4.68. The Bertz CT molecular complexity index is 1700. The van der Waals surface area contributed by atoms with Crippen LogP contribution in [-0.2, 0) is 18.4 Å². The van der Waals surface area contributed by atoms with Crippen LogP contribution in [-0.4, -0.2) is 73.4 Å². The molecule has 0 aliphatic carbocycles. The zero-order chi connectivity index (χ0) is 57.7. The first-order chi connectivity index (χ1) is 38.5. The Labute approximate surface area is 488 Å². The number of phosphoric ester groups is 1. The number of aliphatic hydroxyl groups is 1. The van der Waals surface area contributed by atoms with Gasteiger partial charge in [0.05, 0.1) is 39.9 Å². The summed E-state index contributed by atoms with van der Waals surface area (Å²) in [6, 6.07) is -0.882. The Morgan fingerprint density at radius 3 is 1.16 bits per heavy atom. The van der Waals surface area contributed by atoms with Gasteiger partial charge in [-0.25, -0.2) is 4.57 Å². The fourth-order valence-corrected chi connectivity index (χ4v) is 9.63. The number of hydrogen-bond donors (Lipinski definition) is 3. The molecule has 0 aliphatic rings. The minimum atomic E-state index is -4.37. The molecule has 79 heavy (non-hydrogen) atoms. The van der Waals surface area contributed by atoms with Gasteiger partial charge in [-0.2, -0.15) is 0 Å². The molecule has 0 aromatic rings. The molecule has 8 nitrogen and oxygen atoms in total. The number of phosphoric acid groups is 1. The summed E-state index contributed by atoms with van der Waals surface area (Å²) in [7, 11) is 1.53. The summed E-state index contributed by atoms with van der Waals surface area (Å²) < 4.78 is 23.7. The molecule has 0 saturated carbocycles. The minimum absolute atomic E-state index is 0.0466. The summed E-state index contributed by atoms with van der Waals surface area (Å²) >= 11 is 0. The lowest BCUT2D eigenvalue weighted by Crippen LogP contribution is -2.45. The first-order valence-electron chi connectivity index (χ1n) is 32.4. The van der Waals surface area contributed by atoms with Crippen molar-refractivity contribution in [3.8, 4) is 0 Å². The molecule has 0 rings (SSSR count). The van der Waals surface area contributed by atoms with E-state index in [1.165, 1.54) is 135 Å². The molecule has 0 aromatic carbocycles. The van der Waals surface area contributed by atoms with E-state index in [2.05, 4.69) is 129 Å². The van der Waals surface area contributed by atoms with Gasteiger partial charge in [0.2, 0.25) is 5.91 Å². The van der Waals surface area contributed by atoms with E-state index in [4.69, 9.17) is 9.05 Å². The highest BCUT2D eigenvalue weighted by Crippen LogP contribution is 2.43. The Morgan fingerprint density at radius 1 is 0.443 bits per heavy atom. The van der Waals surface area contributed by atoms with E-state index < -0.39 is 20.0 Å². The zero-order valence-electron chi connectivity index (χ0n) is 51.8. The molecule has 0 saturated heterocycles. The maximum absolute atomic E-state index is 13.0. The van der Waals surface area contributed by atoms with Gasteiger partial charge >= 0.3 is 7.82 Å². The maximum Gasteiger partial charge on any atom is 0.472 e. The number of amides is 1. The minimum Gasteiger partial charge on any atom is -0.387 e. The molecule has 454 valence electrons. The van der Waals surface area contributed by atoms with E-state index in [0.29, 0.717) is 17.4 Å². The Kier molecular flexibility index (Phi) is 57.2. The number of unbranched alkanes of at least 4 members (excludes halogenated alkanes) is 27. The second-order valence-electron chi connectivity index (χ2n) is 22.7. The third-order valence-corrected chi connectivity index (χ3v) is 14.9. The first-order valence-corrected chi connectivity index (χ1v) is 33.9. The van der Waals surface area contributed by atoms with Gasteiger partial charge in [0.15, 0.2) is 0 Å². The van der Waals surface area contributed by atoms with Crippen molar-refractivity contribution in [2.75, 3.05) is 40.9 Å². The van der Waals surface area contributed by atoms with Crippen LogP contribution in [0.25, 0.3) is 0 Å². The summed E-state index contributed by atoms with van der Waals surface area (Å²) in [6.07, 6.45) is 88.9. The molecule has 1 amide bonds. The molecule has 0 spiro atoms. The predicted molar refractivity (Wildman–Crippen MR) is 345 cm³/mol. The lowest BCUT2D eigenvalue weighted by atomic mass is 10.0. The second-order valence-corrected chi connectivity index (χ2v) is 24.2. The lowest BCUT2D eigenvalue weighted by Gasteiger charge is -2.25. The smallest absolute Gasteiger partial charge is 0.387 e. The van der Waals surface area contributed by atoms with Crippen molar-refractivity contribution in [1.82, 2.24) is 5.32 Å². The standard InChI is InChI=1S/C70H123N2O6P/c1-6-8-10-12-14-16-18-20-22-24-26-28-30-32-34-35-36-37-38-40-42-44-46-48-50-52-54-56-58-60-62-64-70(74)71-68(67-78-79(75,76)77-66-65-72(3,4)5)69(73)63-61-59-57-55-53-51-49-47-45-43-41-39-33-31-29-27-25-23-21-19-17-15-13-11-9-7-2/h8,10,14,16,20,22,26,28,32,34,36-37,40,42,46,48,53,55,61,63,68-69,73H,6-7,9,11-13,15,17-19,21,23-25,27,29-31,33,35,38-39,41,43-45,47,49-52,54,56-60,62,64-67H2,1-5H3,(H-,71,74,75,76)/p+1/b10-8-,16-14-,22-20-,28-26-,34-32-,37-36-,42-40-,48-46-,55-53+,63-61+.